The van der Waals surface area contributed by atoms with E-state index < -0.39 is 0 Å². The number of carbonyl (C=O) groups is 1. The number of carbonyl (C=O) groups excluding carboxylic acids is 1. The van der Waals surface area contributed by atoms with Gasteiger partial charge in [-0.05, 0) is 24.2 Å². The molecule has 0 rings (SSSR count). The lowest BCUT2D eigenvalue weighted by Crippen LogP contribution is -2.35. The zero-order chi connectivity index (χ0) is 12.1. The van der Waals surface area contributed by atoms with E-state index in [4.69, 9.17) is 4.74 Å². The summed E-state index contributed by atoms with van der Waals surface area (Å²) >= 11 is 0. The molecule has 0 spiro atoms. The summed E-state index contributed by atoms with van der Waals surface area (Å²) in [6.07, 6.45) is 3.16. The maximum absolute atomic E-state index is 11.5. The number of rotatable bonds is 5. The third kappa shape index (κ3) is 4.06. The molecule has 0 N–H and O–H groups in total. The summed E-state index contributed by atoms with van der Waals surface area (Å²) in [6.45, 7) is 14.6. The van der Waals surface area contributed by atoms with Crippen LogP contribution in [0, 0.1) is 10.8 Å². The van der Waals surface area contributed by atoms with Crippen molar-refractivity contribution in [1.82, 2.24) is 0 Å². The molecule has 0 aromatic rings. The first kappa shape index (κ1) is 14.2. The van der Waals surface area contributed by atoms with E-state index >= 15 is 0 Å². The molecule has 15 heavy (non-hydrogen) atoms. The molecule has 0 radical (unpaired) electrons. The monoisotopic (exact) mass is 212 g/mol. The van der Waals surface area contributed by atoms with Crippen LogP contribution in [0.15, 0.2) is 12.7 Å². The highest BCUT2D eigenvalue weighted by molar-refractivity contribution is 5.70. The van der Waals surface area contributed by atoms with Gasteiger partial charge in [0.25, 0.3) is 0 Å². The summed E-state index contributed by atoms with van der Waals surface area (Å²) in [4.78, 5) is 11.5. The number of allylic oxidation sites excluding steroid dienone is 1. The summed E-state index contributed by atoms with van der Waals surface area (Å²) in [7, 11) is 0. The molecule has 0 saturated heterocycles. The number of ether oxygens (including phenoxy) is 1. The Balaban J connectivity index is 4.66. The third-order valence-corrected chi connectivity index (χ3v) is 3.25. The molecule has 1 unspecified atom stereocenters. The van der Waals surface area contributed by atoms with Gasteiger partial charge >= 0.3 is 5.97 Å². The van der Waals surface area contributed by atoms with Crippen LogP contribution in [0.1, 0.15) is 47.5 Å². The van der Waals surface area contributed by atoms with Gasteiger partial charge < -0.3 is 4.74 Å². The van der Waals surface area contributed by atoms with Gasteiger partial charge in [0.2, 0.25) is 0 Å². The van der Waals surface area contributed by atoms with Crippen LogP contribution in [-0.2, 0) is 9.53 Å². The van der Waals surface area contributed by atoms with E-state index in [-0.39, 0.29) is 16.8 Å². The van der Waals surface area contributed by atoms with Gasteiger partial charge in [0.05, 0.1) is 13.0 Å². The SMILES string of the molecule is C=CCC(C)(CC(=O)OCC)C(C)(C)C. The van der Waals surface area contributed by atoms with E-state index in [2.05, 4.69) is 34.3 Å². The highest BCUT2D eigenvalue weighted by Crippen LogP contribution is 2.44. The third-order valence-electron chi connectivity index (χ3n) is 3.25. The molecule has 0 amide bonds. The summed E-state index contributed by atoms with van der Waals surface area (Å²) in [5.74, 6) is -0.114. The van der Waals surface area contributed by atoms with E-state index in [0.717, 1.165) is 6.42 Å². The van der Waals surface area contributed by atoms with Gasteiger partial charge in [0.1, 0.15) is 0 Å². The maximum Gasteiger partial charge on any atom is 0.306 e. The van der Waals surface area contributed by atoms with Gasteiger partial charge in [-0.3, -0.25) is 4.79 Å². The first-order chi connectivity index (χ1) is 6.77. The summed E-state index contributed by atoms with van der Waals surface area (Å²) in [5.41, 5.74) is -0.0189. The molecule has 0 aromatic heterocycles. The Morgan fingerprint density at radius 1 is 1.33 bits per heavy atom. The minimum atomic E-state index is -0.114. The van der Waals surface area contributed by atoms with E-state index in [1.165, 1.54) is 0 Å². The Morgan fingerprint density at radius 2 is 1.87 bits per heavy atom. The summed E-state index contributed by atoms with van der Waals surface area (Å²) < 4.78 is 5.01. The van der Waals surface area contributed by atoms with Crippen LogP contribution in [0.5, 0.6) is 0 Å². The second-order valence-corrected chi connectivity index (χ2v) is 5.29. The van der Waals surface area contributed by atoms with Crippen molar-refractivity contribution >= 4 is 5.97 Å². The Kier molecular flexibility index (Phi) is 5.06. The Morgan fingerprint density at radius 3 is 2.20 bits per heavy atom. The average Bonchev–Trinajstić information content (AvgIpc) is 2.02. The first-order valence-corrected chi connectivity index (χ1v) is 5.53. The predicted octanol–water partition coefficient (Wildman–Crippen LogP) is 3.57. The molecule has 0 heterocycles. The van der Waals surface area contributed by atoms with Crippen LogP contribution in [0.4, 0.5) is 0 Å². The summed E-state index contributed by atoms with van der Waals surface area (Å²) in [6, 6.07) is 0. The Labute approximate surface area is 93.7 Å². The highest BCUT2D eigenvalue weighted by Gasteiger charge is 2.38. The largest absolute Gasteiger partial charge is 0.466 e. The van der Waals surface area contributed by atoms with E-state index in [9.17, 15) is 4.79 Å². The van der Waals surface area contributed by atoms with Gasteiger partial charge in [-0.1, -0.05) is 33.8 Å². The van der Waals surface area contributed by atoms with E-state index in [1.54, 1.807) is 0 Å². The van der Waals surface area contributed by atoms with E-state index in [0.29, 0.717) is 13.0 Å². The lowest BCUT2D eigenvalue weighted by atomic mass is 9.64. The van der Waals surface area contributed by atoms with Crippen LogP contribution in [0.2, 0.25) is 0 Å². The normalized spacial score (nSPS) is 15.5. The smallest absolute Gasteiger partial charge is 0.306 e. The van der Waals surface area contributed by atoms with Crippen LogP contribution in [0.25, 0.3) is 0 Å². The quantitative estimate of drug-likeness (QED) is 0.514. The Bertz CT molecular complexity index is 225. The molecule has 1 atom stereocenters. The van der Waals surface area contributed by atoms with Crippen LogP contribution in [-0.4, -0.2) is 12.6 Å². The predicted molar refractivity (Wildman–Crippen MR) is 63.6 cm³/mol. The second-order valence-electron chi connectivity index (χ2n) is 5.29. The zero-order valence-electron chi connectivity index (χ0n) is 10.7. The molecule has 2 heteroatoms. The molecule has 0 aliphatic heterocycles. The lowest BCUT2D eigenvalue weighted by Gasteiger charge is -2.40. The maximum atomic E-state index is 11.5. The fourth-order valence-corrected chi connectivity index (χ4v) is 1.49. The Hall–Kier alpha value is -0.790. The molecular weight excluding hydrogens is 188 g/mol. The minimum absolute atomic E-state index is 0.0634. The zero-order valence-corrected chi connectivity index (χ0v) is 10.7. The molecule has 0 aliphatic carbocycles. The summed E-state index contributed by atoms with van der Waals surface area (Å²) in [5, 5.41) is 0. The molecule has 0 aliphatic rings. The first-order valence-electron chi connectivity index (χ1n) is 5.53. The van der Waals surface area contributed by atoms with Crippen molar-refractivity contribution in [1.29, 1.82) is 0 Å². The van der Waals surface area contributed by atoms with Gasteiger partial charge in [-0.15, -0.1) is 6.58 Å². The van der Waals surface area contributed by atoms with Gasteiger partial charge in [-0.25, -0.2) is 0 Å². The standard InChI is InChI=1S/C13H24O2/c1-7-9-13(6,12(3,4)5)10-11(14)15-8-2/h7H,1,8-10H2,2-6H3. The van der Waals surface area contributed by atoms with Crippen molar-refractivity contribution in [2.75, 3.05) is 6.61 Å². The highest BCUT2D eigenvalue weighted by atomic mass is 16.5. The molecule has 2 nitrogen and oxygen atoms in total. The molecule has 88 valence electrons. The van der Waals surface area contributed by atoms with Crippen molar-refractivity contribution in [3.05, 3.63) is 12.7 Å². The molecule has 0 fully saturated rings. The van der Waals surface area contributed by atoms with Crippen molar-refractivity contribution in [2.45, 2.75) is 47.5 Å². The van der Waals surface area contributed by atoms with Gasteiger partial charge in [0.15, 0.2) is 0 Å². The fourth-order valence-electron chi connectivity index (χ4n) is 1.49. The van der Waals surface area contributed by atoms with Crippen LogP contribution >= 0.6 is 0 Å². The van der Waals surface area contributed by atoms with Crippen molar-refractivity contribution in [3.63, 3.8) is 0 Å². The van der Waals surface area contributed by atoms with E-state index in [1.807, 2.05) is 13.0 Å². The van der Waals surface area contributed by atoms with Crippen molar-refractivity contribution in [2.24, 2.45) is 10.8 Å². The molecule has 0 bridgehead atoms. The van der Waals surface area contributed by atoms with Crippen molar-refractivity contribution in [3.8, 4) is 0 Å². The van der Waals surface area contributed by atoms with Crippen molar-refractivity contribution < 1.29 is 9.53 Å². The number of hydrogen-bond donors (Lipinski definition) is 0. The average molecular weight is 212 g/mol. The second kappa shape index (κ2) is 5.34. The van der Waals surface area contributed by atoms with Gasteiger partial charge in [0, 0.05) is 0 Å². The molecular formula is C13H24O2. The molecule has 0 saturated carbocycles. The number of hydrogen-bond acceptors (Lipinski definition) is 2. The lowest BCUT2D eigenvalue weighted by molar-refractivity contribution is -0.147. The van der Waals surface area contributed by atoms with Gasteiger partial charge in [-0.2, -0.15) is 0 Å². The topological polar surface area (TPSA) is 26.3 Å². The van der Waals surface area contributed by atoms with Crippen LogP contribution < -0.4 is 0 Å². The molecule has 0 aromatic carbocycles. The fraction of sp³-hybridized carbons (Fsp3) is 0.769. The number of esters is 1. The minimum Gasteiger partial charge on any atom is -0.466 e. The van der Waals surface area contributed by atoms with Crippen LogP contribution in [0.3, 0.4) is 0 Å².